The smallest absolute Gasteiger partial charge is 0.0192 e. The minimum absolute atomic E-state index is 0. The summed E-state index contributed by atoms with van der Waals surface area (Å²) in [6.07, 6.45) is 13.5. The van der Waals surface area contributed by atoms with Gasteiger partial charge in [0, 0.05) is 12.1 Å². The van der Waals surface area contributed by atoms with Crippen molar-refractivity contribution in [3.8, 4) is 0 Å². The summed E-state index contributed by atoms with van der Waals surface area (Å²) < 4.78 is 0. The summed E-state index contributed by atoms with van der Waals surface area (Å²) in [7, 11) is 0. The van der Waals surface area contributed by atoms with Crippen LogP contribution in [0.4, 0.5) is 0 Å². The van der Waals surface area contributed by atoms with Crippen molar-refractivity contribution < 1.29 is 0 Å². The fourth-order valence-electron chi connectivity index (χ4n) is 5.36. The lowest BCUT2D eigenvalue weighted by atomic mass is 9.53. The maximum atomic E-state index is 3.91. The molecule has 0 aromatic heterocycles. The lowest BCUT2D eigenvalue weighted by Crippen LogP contribution is -2.58. The quantitative estimate of drug-likeness (QED) is 0.851. The number of hydrogen-bond donors (Lipinski definition) is 1. The van der Waals surface area contributed by atoms with Crippen molar-refractivity contribution in [2.24, 2.45) is 17.8 Å². The highest BCUT2D eigenvalue weighted by Crippen LogP contribution is 2.55. The zero-order valence-corrected chi connectivity index (χ0v) is 13.4. The van der Waals surface area contributed by atoms with Crippen molar-refractivity contribution in [1.29, 1.82) is 0 Å². The molecule has 4 aliphatic carbocycles. The van der Waals surface area contributed by atoms with E-state index in [2.05, 4.69) is 47.8 Å². The molecule has 4 fully saturated rings. The van der Waals surface area contributed by atoms with Gasteiger partial charge in [-0.2, -0.15) is 0 Å². The van der Waals surface area contributed by atoms with Crippen LogP contribution in [0.5, 0.6) is 0 Å². The summed E-state index contributed by atoms with van der Waals surface area (Å²) in [6, 6.07) is 10.6. The third-order valence-corrected chi connectivity index (χ3v) is 5.74. The molecule has 21 heavy (non-hydrogen) atoms. The summed E-state index contributed by atoms with van der Waals surface area (Å²) >= 11 is 0. The SMILES string of the molecule is C(=Cc1ccccc1)CNC12CC3CC(CC(C3)C1)C2.Cl. The number of nitrogens with one attached hydrogen (secondary N) is 1. The maximum absolute atomic E-state index is 3.91. The van der Waals surface area contributed by atoms with Crippen LogP contribution in [0.25, 0.3) is 6.08 Å². The van der Waals surface area contributed by atoms with Gasteiger partial charge in [-0.15, -0.1) is 12.4 Å². The van der Waals surface area contributed by atoms with Gasteiger partial charge in [-0.05, 0) is 61.8 Å². The Morgan fingerprint density at radius 2 is 1.52 bits per heavy atom. The zero-order chi connectivity index (χ0) is 13.4. The van der Waals surface area contributed by atoms with Crippen LogP contribution in [0.2, 0.25) is 0 Å². The monoisotopic (exact) mass is 303 g/mol. The van der Waals surface area contributed by atoms with Gasteiger partial charge in [0.1, 0.15) is 0 Å². The highest BCUT2D eigenvalue weighted by molar-refractivity contribution is 5.85. The Hall–Kier alpha value is -0.790. The third-order valence-electron chi connectivity index (χ3n) is 5.74. The van der Waals surface area contributed by atoms with Crippen LogP contribution >= 0.6 is 12.4 Å². The van der Waals surface area contributed by atoms with E-state index in [1.54, 1.807) is 0 Å². The predicted molar refractivity (Wildman–Crippen MR) is 91.6 cm³/mol. The number of hydrogen-bond acceptors (Lipinski definition) is 1. The van der Waals surface area contributed by atoms with E-state index in [-0.39, 0.29) is 12.4 Å². The average Bonchev–Trinajstić information content (AvgIpc) is 2.43. The van der Waals surface area contributed by atoms with E-state index < -0.39 is 0 Å². The zero-order valence-electron chi connectivity index (χ0n) is 12.6. The van der Waals surface area contributed by atoms with Gasteiger partial charge in [0.05, 0.1) is 0 Å². The Morgan fingerprint density at radius 3 is 2.10 bits per heavy atom. The third kappa shape index (κ3) is 3.19. The first kappa shape index (κ1) is 15.1. The molecule has 1 nitrogen and oxygen atoms in total. The molecule has 0 heterocycles. The van der Waals surface area contributed by atoms with Gasteiger partial charge in [-0.1, -0.05) is 42.5 Å². The molecule has 1 aromatic rings. The minimum atomic E-state index is 0. The van der Waals surface area contributed by atoms with Crippen molar-refractivity contribution in [3.05, 3.63) is 42.0 Å². The van der Waals surface area contributed by atoms with Gasteiger partial charge < -0.3 is 5.32 Å². The highest BCUT2D eigenvalue weighted by atomic mass is 35.5. The first-order chi connectivity index (χ1) is 9.81. The molecule has 4 saturated carbocycles. The average molecular weight is 304 g/mol. The molecule has 0 spiro atoms. The van der Waals surface area contributed by atoms with Crippen molar-refractivity contribution in [2.75, 3.05) is 6.54 Å². The Morgan fingerprint density at radius 1 is 0.952 bits per heavy atom. The van der Waals surface area contributed by atoms with Crippen LogP contribution in [0, 0.1) is 17.8 Å². The second kappa shape index (κ2) is 6.14. The van der Waals surface area contributed by atoms with Gasteiger partial charge in [0.15, 0.2) is 0 Å². The van der Waals surface area contributed by atoms with Crippen LogP contribution < -0.4 is 5.32 Å². The van der Waals surface area contributed by atoms with Gasteiger partial charge >= 0.3 is 0 Å². The largest absolute Gasteiger partial charge is 0.308 e. The van der Waals surface area contributed by atoms with E-state index in [1.807, 2.05) is 0 Å². The van der Waals surface area contributed by atoms with Gasteiger partial charge in [-0.25, -0.2) is 0 Å². The summed E-state index contributed by atoms with van der Waals surface area (Å²) in [5.74, 6) is 3.10. The van der Waals surface area contributed by atoms with Crippen LogP contribution in [0.1, 0.15) is 44.1 Å². The molecule has 5 rings (SSSR count). The van der Waals surface area contributed by atoms with Crippen molar-refractivity contribution in [3.63, 3.8) is 0 Å². The molecular formula is C19H26ClN. The molecular weight excluding hydrogens is 278 g/mol. The van der Waals surface area contributed by atoms with E-state index in [4.69, 9.17) is 0 Å². The van der Waals surface area contributed by atoms with Crippen LogP contribution in [-0.4, -0.2) is 12.1 Å². The topological polar surface area (TPSA) is 12.0 Å². The molecule has 2 heteroatoms. The molecule has 114 valence electrons. The molecule has 4 aliphatic rings. The van der Waals surface area contributed by atoms with Crippen LogP contribution in [-0.2, 0) is 0 Å². The second-order valence-corrected chi connectivity index (χ2v) is 7.39. The fourth-order valence-corrected chi connectivity index (χ4v) is 5.36. The summed E-state index contributed by atoms with van der Waals surface area (Å²) in [6.45, 7) is 1.03. The van der Waals surface area contributed by atoms with E-state index in [1.165, 1.54) is 44.1 Å². The fraction of sp³-hybridized carbons (Fsp3) is 0.579. The Labute approximate surface area is 134 Å². The molecule has 1 N–H and O–H groups in total. The summed E-state index contributed by atoms with van der Waals surface area (Å²) in [5.41, 5.74) is 1.80. The van der Waals surface area contributed by atoms with E-state index in [0.717, 1.165) is 24.3 Å². The maximum Gasteiger partial charge on any atom is 0.0192 e. The summed E-state index contributed by atoms with van der Waals surface area (Å²) in [4.78, 5) is 0. The second-order valence-electron chi connectivity index (χ2n) is 7.39. The molecule has 0 atom stereocenters. The number of halogens is 1. The van der Waals surface area contributed by atoms with Crippen LogP contribution in [0.3, 0.4) is 0 Å². The van der Waals surface area contributed by atoms with Crippen molar-refractivity contribution in [2.45, 2.75) is 44.1 Å². The molecule has 1 aromatic carbocycles. The Kier molecular flexibility index (Phi) is 4.42. The molecule has 0 radical (unpaired) electrons. The van der Waals surface area contributed by atoms with Crippen molar-refractivity contribution in [1.82, 2.24) is 5.32 Å². The van der Waals surface area contributed by atoms with Crippen molar-refractivity contribution >= 4 is 18.5 Å². The Bertz CT molecular complexity index is 458. The number of rotatable bonds is 4. The number of benzene rings is 1. The normalized spacial score (nSPS) is 36.9. The minimum Gasteiger partial charge on any atom is -0.308 e. The molecule has 0 aliphatic heterocycles. The molecule has 0 unspecified atom stereocenters. The van der Waals surface area contributed by atoms with Gasteiger partial charge in [0.2, 0.25) is 0 Å². The van der Waals surface area contributed by atoms with Gasteiger partial charge in [-0.3, -0.25) is 0 Å². The molecule has 0 amide bonds. The van der Waals surface area contributed by atoms with Gasteiger partial charge in [0.25, 0.3) is 0 Å². The Balaban J connectivity index is 0.00000132. The first-order valence-electron chi connectivity index (χ1n) is 8.28. The first-order valence-corrected chi connectivity index (χ1v) is 8.28. The van der Waals surface area contributed by atoms with E-state index >= 15 is 0 Å². The van der Waals surface area contributed by atoms with E-state index in [9.17, 15) is 0 Å². The predicted octanol–water partition coefficient (Wildman–Crippen LogP) is 4.68. The standard InChI is InChI=1S/C19H25N.ClH/c1-2-5-15(6-3-1)7-4-8-20-19-12-16-9-17(13-19)11-18(10-16)14-19;/h1-7,16-18,20H,8-14H2;1H. The molecule has 0 saturated heterocycles. The molecule has 4 bridgehead atoms. The highest BCUT2D eigenvalue weighted by Gasteiger charge is 2.50. The van der Waals surface area contributed by atoms with E-state index in [0.29, 0.717) is 5.54 Å². The lowest BCUT2D eigenvalue weighted by molar-refractivity contribution is -0.0178. The lowest BCUT2D eigenvalue weighted by Gasteiger charge is -2.57. The summed E-state index contributed by atoms with van der Waals surface area (Å²) in [5, 5.41) is 3.91. The van der Waals surface area contributed by atoms with Crippen LogP contribution in [0.15, 0.2) is 36.4 Å².